The summed E-state index contributed by atoms with van der Waals surface area (Å²) in [5.74, 6) is 0.662. The van der Waals surface area contributed by atoms with Crippen LogP contribution in [-0.2, 0) is 21.7 Å². The molecule has 0 aromatic heterocycles. The fourth-order valence-electron chi connectivity index (χ4n) is 10.4. The molecular weight excluding hydrogens is 771 g/mol. The summed E-state index contributed by atoms with van der Waals surface area (Å²) in [6.45, 7) is 25.7. The molecule has 2 aliphatic rings. The summed E-state index contributed by atoms with van der Waals surface area (Å²) >= 11 is 0. The lowest BCUT2D eigenvalue weighted by molar-refractivity contribution is 0.444. The minimum Gasteiger partial charge on any atom is -0.310 e. The Bertz CT molecular complexity index is 2790. The lowest BCUT2D eigenvalue weighted by Gasteiger charge is -2.31. The zero-order chi connectivity index (χ0) is 45.2. The Balaban J connectivity index is 1.18. The van der Waals surface area contributed by atoms with Crippen LogP contribution >= 0.6 is 0 Å². The molecule has 0 heterocycles. The van der Waals surface area contributed by atoms with Crippen LogP contribution in [0, 0.1) is 0 Å². The summed E-state index contributed by atoms with van der Waals surface area (Å²) in [7, 11) is 0. The van der Waals surface area contributed by atoms with E-state index < -0.39 is 0 Å². The lowest BCUT2D eigenvalue weighted by Crippen LogP contribution is -2.17. The van der Waals surface area contributed by atoms with Gasteiger partial charge in [-0.25, -0.2) is 0 Å². The molecule has 0 amide bonds. The molecule has 0 unspecified atom stereocenters. The topological polar surface area (TPSA) is 3.24 Å². The van der Waals surface area contributed by atoms with Crippen molar-refractivity contribution in [2.24, 2.45) is 0 Å². The maximum absolute atomic E-state index is 2.52. The quantitative estimate of drug-likeness (QED) is 0.155. The largest absolute Gasteiger partial charge is 0.310 e. The van der Waals surface area contributed by atoms with Gasteiger partial charge in [-0.05, 0) is 149 Å². The number of nitrogens with zero attached hydrogens (tertiary/aromatic N) is 1. The van der Waals surface area contributed by atoms with Crippen LogP contribution < -0.4 is 4.90 Å². The van der Waals surface area contributed by atoms with Gasteiger partial charge in [0.05, 0.1) is 0 Å². The summed E-state index contributed by atoms with van der Waals surface area (Å²) in [4.78, 5) is 2.52. The summed E-state index contributed by atoms with van der Waals surface area (Å²) in [5, 5.41) is 0. The normalized spacial score (nSPS) is 15.2. The van der Waals surface area contributed by atoms with Crippen molar-refractivity contribution in [1.82, 2.24) is 0 Å². The third-order valence-corrected chi connectivity index (χ3v) is 14.5. The first-order valence-corrected chi connectivity index (χ1v) is 24.0. The van der Waals surface area contributed by atoms with Crippen molar-refractivity contribution < 1.29 is 0 Å². The van der Waals surface area contributed by atoms with Gasteiger partial charge in [0.2, 0.25) is 0 Å². The van der Waals surface area contributed by atoms with Crippen LogP contribution in [0.1, 0.15) is 148 Å². The molecule has 7 aromatic rings. The molecule has 0 spiro atoms. The van der Waals surface area contributed by atoms with Crippen LogP contribution in [0.15, 0.2) is 152 Å². The molecule has 7 aromatic carbocycles. The minimum absolute atomic E-state index is 0.0582. The van der Waals surface area contributed by atoms with Crippen molar-refractivity contribution in [2.75, 3.05) is 4.90 Å². The predicted octanol–water partition coefficient (Wildman–Crippen LogP) is 18.4. The molecule has 0 radical (unpaired) electrons. The van der Waals surface area contributed by atoms with Crippen molar-refractivity contribution >= 4 is 17.1 Å². The Kier molecular flexibility index (Phi) is 11.2. The Labute approximate surface area is 385 Å². The van der Waals surface area contributed by atoms with E-state index in [2.05, 4.69) is 233 Å². The highest BCUT2D eigenvalue weighted by Crippen LogP contribution is 2.51. The molecule has 326 valence electrons. The van der Waals surface area contributed by atoms with Gasteiger partial charge in [0.25, 0.3) is 0 Å². The second-order valence-corrected chi connectivity index (χ2v) is 22.6. The Morgan fingerprint density at radius 2 is 0.906 bits per heavy atom. The van der Waals surface area contributed by atoms with Crippen LogP contribution in [-0.4, -0.2) is 0 Å². The van der Waals surface area contributed by atoms with Gasteiger partial charge < -0.3 is 4.90 Å². The maximum Gasteiger partial charge on any atom is 0.0470 e. The first-order valence-electron chi connectivity index (χ1n) is 24.0. The molecule has 1 saturated carbocycles. The third kappa shape index (κ3) is 8.52. The predicted molar refractivity (Wildman–Crippen MR) is 277 cm³/mol. The number of anilines is 3. The van der Waals surface area contributed by atoms with Crippen LogP contribution in [0.5, 0.6) is 0 Å². The number of hydrogen-bond acceptors (Lipinski definition) is 1. The van der Waals surface area contributed by atoms with Crippen LogP contribution in [0.3, 0.4) is 0 Å². The van der Waals surface area contributed by atoms with Crippen molar-refractivity contribution in [3.8, 4) is 44.5 Å². The van der Waals surface area contributed by atoms with E-state index in [0.717, 1.165) is 5.69 Å². The van der Waals surface area contributed by atoms with E-state index in [-0.39, 0.29) is 21.7 Å². The van der Waals surface area contributed by atoms with Crippen molar-refractivity contribution in [3.05, 3.63) is 185 Å². The van der Waals surface area contributed by atoms with Crippen molar-refractivity contribution in [3.63, 3.8) is 0 Å². The monoisotopic (exact) mass is 840 g/mol. The zero-order valence-electron chi connectivity index (χ0n) is 40.5. The van der Waals surface area contributed by atoms with Gasteiger partial charge in [0.15, 0.2) is 0 Å². The average Bonchev–Trinajstić information content (AvgIpc) is 3.51. The van der Waals surface area contributed by atoms with Crippen LogP contribution in [0.2, 0.25) is 0 Å². The molecule has 2 aliphatic carbocycles. The second kappa shape index (κ2) is 16.4. The Morgan fingerprint density at radius 1 is 0.391 bits per heavy atom. The lowest BCUT2D eigenvalue weighted by atomic mass is 9.79. The van der Waals surface area contributed by atoms with Gasteiger partial charge in [-0.1, -0.05) is 211 Å². The molecule has 1 heteroatoms. The van der Waals surface area contributed by atoms with Crippen LogP contribution in [0.4, 0.5) is 17.1 Å². The van der Waals surface area contributed by atoms with E-state index in [0.29, 0.717) is 5.92 Å². The van der Waals surface area contributed by atoms with E-state index in [1.165, 1.54) is 121 Å². The summed E-state index contributed by atoms with van der Waals surface area (Å²) in [5.41, 5.74) is 22.0. The molecule has 9 rings (SSSR count). The molecule has 0 N–H and O–H groups in total. The molecule has 64 heavy (non-hydrogen) atoms. The van der Waals surface area contributed by atoms with Gasteiger partial charge in [-0.3, -0.25) is 0 Å². The third-order valence-electron chi connectivity index (χ3n) is 14.5. The number of hydrogen-bond donors (Lipinski definition) is 0. The maximum atomic E-state index is 2.52. The smallest absolute Gasteiger partial charge is 0.0470 e. The van der Waals surface area contributed by atoms with E-state index in [4.69, 9.17) is 0 Å². The van der Waals surface area contributed by atoms with Crippen LogP contribution in [0.25, 0.3) is 44.5 Å². The van der Waals surface area contributed by atoms with Gasteiger partial charge in [-0.2, -0.15) is 0 Å². The van der Waals surface area contributed by atoms with E-state index in [9.17, 15) is 0 Å². The number of rotatable bonds is 7. The summed E-state index contributed by atoms with van der Waals surface area (Å²) < 4.78 is 0. The highest BCUT2D eigenvalue weighted by molar-refractivity contribution is 5.88. The van der Waals surface area contributed by atoms with Crippen molar-refractivity contribution in [2.45, 2.75) is 136 Å². The SMILES string of the molecule is CC(C)(C)c1cc(-c2ccc(-c3cc(C(C)(C)C)cc(C(C)(C)C)c3)cc2)cc(N(c2cccc(-c3cccc(C4CCCCC4)c3)c2)c2ccc3c(c2)C(C)(C)c2ccccc2-3)c1. The van der Waals surface area contributed by atoms with Gasteiger partial charge in [0.1, 0.15) is 0 Å². The van der Waals surface area contributed by atoms with E-state index >= 15 is 0 Å². The van der Waals surface area contributed by atoms with E-state index in [1.54, 1.807) is 0 Å². The second-order valence-electron chi connectivity index (χ2n) is 22.6. The number of fused-ring (bicyclic) bond motifs is 3. The highest BCUT2D eigenvalue weighted by Gasteiger charge is 2.36. The van der Waals surface area contributed by atoms with Gasteiger partial charge in [-0.15, -0.1) is 0 Å². The van der Waals surface area contributed by atoms with E-state index in [1.807, 2.05) is 0 Å². The Morgan fingerprint density at radius 3 is 1.53 bits per heavy atom. The zero-order valence-corrected chi connectivity index (χ0v) is 40.5. The highest BCUT2D eigenvalue weighted by atomic mass is 15.1. The standard InChI is InChI=1S/C63H69N/c1-60(2,3)50-34-48(35-51(39-50)61(4,5)6)43-27-29-44(30-28-43)49-36-52(62(7,8)9)40-55(38-49)64(54-31-32-57-56-25-15-16-26-58(56)63(10,11)59(57)41-54)53-24-18-23-47(37-53)46-22-17-21-45(33-46)42-19-13-12-14-20-42/h15-18,21-42H,12-14,19-20H2,1-11H3. The fourth-order valence-corrected chi connectivity index (χ4v) is 10.4. The minimum atomic E-state index is -0.116. The Hall–Kier alpha value is -5.66. The summed E-state index contributed by atoms with van der Waals surface area (Å²) in [6.07, 6.45) is 6.64. The molecule has 1 fully saturated rings. The van der Waals surface area contributed by atoms with Gasteiger partial charge >= 0.3 is 0 Å². The molecule has 0 saturated heterocycles. The molecular formula is C63H69N. The molecule has 0 aliphatic heterocycles. The first-order chi connectivity index (χ1) is 30.3. The molecule has 0 atom stereocenters. The summed E-state index contributed by atoms with van der Waals surface area (Å²) in [6, 6.07) is 58.7. The molecule has 1 nitrogen and oxygen atoms in total. The van der Waals surface area contributed by atoms with Crippen molar-refractivity contribution in [1.29, 1.82) is 0 Å². The number of benzene rings is 7. The molecule has 0 bridgehead atoms. The first kappa shape index (κ1) is 43.6. The van der Waals surface area contributed by atoms with Gasteiger partial charge in [0, 0.05) is 22.5 Å². The average molecular weight is 840 g/mol. The fraction of sp³-hybridized carbons (Fsp3) is 0.333.